The molecule has 1 nitrogen and oxygen atoms in total. The van der Waals surface area contributed by atoms with Crippen LogP contribution in [0.2, 0.25) is 0 Å². The van der Waals surface area contributed by atoms with Crippen LogP contribution < -0.4 is 5.32 Å². The normalized spacial score (nSPS) is 31.3. The second-order valence-electron chi connectivity index (χ2n) is 2.01. The first kappa shape index (κ1) is 5.04. The summed E-state index contributed by atoms with van der Waals surface area (Å²) in [4.78, 5) is 0. The lowest BCUT2D eigenvalue weighted by Gasteiger charge is -1.95. The largest absolute Gasteiger partial charge is 0.316 e. The van der Waals surface area contributed by atoms with E-state index in [1.165, 1.54) is 0 Å². The Morgan fingerprint density at radius 1 is 1.71 bits per heavy atom. The Kier molecular flexibility index (Phi) is 1.63. The van der Waals surface area contributed by atoms with Crippen LogP contribution in [0.3, 0.4) is 0 Å². The van der Waals surface area contributed by atoms with Gasteiger partial charge in [-0.3, -0.25) is 4.39 Å². The van der Waals surface area contributed by atoms with Crippen molar-refractivity contribution in [3.63, 3.8) is 0 Å². The minimum absolute atomic E-state index is 0.146. The SMILES string of the molecule is FC[C@H]1CCNC1. The molecule has 1 aliphatic heterocycles. The van der Waals surface area contributed by atoms with E-state index < -0.39 is 0 Å². The molecule has 0 saturated carbocycles. The molecule has 0 aromatic carbocycles. The molecular weight excluding hydrogens is 93.1 g/mol. The zero-order valence-electron chi connectivity index (χ0n) is 4.28. The zero-order valence-corrected chi connectivity index (χ0v) is 4.28. The summed E-state index contributed by atoms with van der Waals surface area (Å²) in [5, 5.41) is 3.08. The second-order valence-corrected chi connectivity index (χ2v) is 2.01. The molecule has 1 heterocycles. The van der Waals surface area contributed by atoms with E-state index in [0.29, 0.717) is 5.92 Å². The van der Waals surface area contributed by atoms with E-state index in [1.54, 1.807) is 0 Å². The predicted molar refractivity (Wildman–Crippen MR) is 27.0 cm³/mol. The highest BCUT2D eigenvalue weighted by molar-refractivity contribution is 4.69. The summed E-state index contributed by atoms with van der Waals surface area (Å²) in [5.74, 6) is 0.319. The summed E-state index contributed by atoms with van der Waals surface area (Å²) >= 11 is 0. The van der Waals surface area contributed by atoms with Crippen LogP contribution in [0.15, 0.2) is 0 Å². The van der Waals surface area contributed by atoms with E-state index in [4.69, 9.17) is 0 Å². The lowest BCUT2D eigenvalue weighted by Crippen LogP contribution is -2.09. The van der Waals surface area contributed by atoms with Crippen LogP contribution in [0, 0.1) is 5.92 Å². The molecule has 42 valence electrons. The Morgan fingerprint density at radius 2 is 2.57 bits per heavy atom. The third-order valence-electron chi connectivity index (χ3n) is 1.38. The highest BCUT2D eigenvalue weighted by Crippen LogP contribution is 2.06. The molecule has 2 heteroatoms. The van der Waals surface area contributed by atoms with Gasteiger partial charge >= 0.3 is 0 Å². The van der Waals surface area contributed by atoms with Crippen LogP contribution in [-0.2, 0) is 0 Å². The fourth-order valence-electron chi connectivity index (χ4n) is 0.846. The predicted octanol–water partition coefficient (Wildman–Crippen LogP) is 0.565. The molecular formula is C5H10FN. The molecule has 1 N–H and O–H groups in total. The maximum atomic E-state index is 11.7. The number of hydrogen-bond donors (Lipinski definition) is 1. The van der Waals surface area contributed by atoms with Crippen molar-refractivity contribution in [1.29, 1.82) is 0 Å². The quantitative estimate of drug-likeness (QED) is 0.511. The second kappa shape index (κ2) is 2.26. The van der Waals surface area contributed by atoms with Gasteiger partial charge in [0.15, 0.2) is 0 Å². The Bertz CT molecular complexity index is 50.0. The molecule has 1 atom stereocenters. The van der Waals surface area contributed by atoms with Crippen molar-refractivity contribution in [3.05, 3.63) is 0 Å². The van der Waals surface area contributed by atoms with Crippen LogP contribution in [0.4, 0.5) is 4.39 Å². The molecule has 0 spiro atoms. The van der Waals surface area contributed by atoms with Gasteiger partial charge in [-0.05, 0) is 13.0 Å². The number of nitrogens with one attached hydrogen (secondary N) is 1. The highest BCUT2D eigenvalue weighted by atomic mass is 19.1. The lowest BCUT2D eigenvalue weighted by atomic mass is 10.1. The molecule has 1 fully saturated rings. The molecule has 0 aromatic rings. The van der Waals surface area contributed by atoms with Crippen LogP contribution in [-0.4, -0.2) is 19.8 Å². The van der Waals surface area contributed by atoms with E-state index in [2.05, 4.69) is 5.32 Å². The van der Waals surface area contributed by atoms with Gasteiger partial charge in [0.1, 0.15) is 0 Å². The van der Waals surface area contributed by atoms with Crippen molar-refractivity contribution in [2.24, 2.45) is 5.92 Å². The van der Waals surface area contributed by atoms with Crippen molar-refractivity contribution >= 4 is 0 Å². The fourth-order valence-corrected chi connectivity index (χ4v) is 0.846. The minimum atomic E-state index is -0.146. The summed E-state index contributed by atoms with van der Waals surface area (Å²) in [5.41, 5.74) is 0. The Hall–Kier alpha value is -0.110. The molecule has 0 unspecified atom stereocenters. The number of rotatable bonds is 1. The van der Waals surface area contributed by atoms with Crippen molar-refractivity contribution in [3.8, 4) is 0 Å². The minimum Gasteiger partial charge on any atom is -0.316 e. The summed E-state index contributed by atoms with van der Waals surface area (Å²) in [6.07, 6.45) is 1.02. The summed E-state index contributed by atoms with van der Waals surface area (Å²) < 4.78 is 11.7. The van der Waals surface area contributed by atoms with Crippen molar-refractivity contribution < 1.29 is 4.39 Å². The molecule has 1 saturated heterocycles. The Balaban J connectivity index is 2.14. The Labute approximate surface area is 42.9 Å². The van der Waals surface area contributed by atoms with Crippen molar-refractivity contribution in [2.75, 3.05) is 19.8 Å². The van der Waals surface area contributed by atoms with Gasteiger partial charge in [-0.15, -0.1) is 0 Å². The molecule has 1 aliphatic rings. The third kappa shape index (κ3) is 1.13. The molecule has 0 aromatic heterocycles. The van der Waals surface area contributed by atoms with Crippen LogP contribution in [0.25, 0.3) is 0 Å². The van der Waals surface area contributed by atoms with Gasteiger partial charge in [-0.25, -0.2) is 0 Å². The number of hydrogen-bond acceptors (Lipinski definition) is 1. The van der Waals surface area contributed by atoms with Crippen molar-refractivity contribution in [2.45, 2.75) is 6.42 Å². The average molecular weight is 103 g/mol. The molecule has 0 bridgehead atoms. The molecule has 0 radical (unpaired) electrons. The monoisotopic (exact) mass is 103 g/mol. The van der Waals surface area contributed by atoms with Gasteiger partial charge in [0.2, 0.25) is 0 Å². The first-order chi connectivity index (χ1) is 3.43. The fraction of sp³-hybridized carbons (Fsp3) is 1.00. The summed E-state index contributed by atoms with van der Waals surface area (Å²) in [6, 6.07) is 0. The van der Waals surface area contributed by atoms with Gasteiger partial charge in [0.05, 0.1) is 6.67 Å². The van der Waals surface area contributed by atoms with Gasteiger partial charge in [0.25, 0.3) is 0 Å². The van der Waals surface area contributed by atoms with Crippen LogP contribution >= 0.6 is 0 Å². The molecule has 0 aliphatic carbocycles. The summed E-state index contributed by atoms with van der Waals surface area (Å²) in [6.45, 7) is 1.75. The first-order valence-corrected chi connectivity index (χ1v) is 2.70. The van der Waals surface area contributed by atoms with Crippen LogP contribution in [0.5, 0.6) is 0 Å². The third-order valence-corrected chi connectivity index (χ3v) is 1.38. The van der Waals surface area contributed by atoms with E-state index >= 15 is 0 Å². The smallest absolute Gasteiger partial charge is 0.0935 e. The topological polar surface area (TPSA) is 12.0 Å². The van der Waals surface area contributed by atoms with Gasteiger partial charge in [-0.2, -0.15) is 0 Å². The lowest BCUT2D eigenvalue weighted by molar-refractivity contribution is 0.382. The van der Waals surface area contributed by atoms with Gasteiger partial charge < -0.3 is 5.32 Å². The number of alkyl halides is 1. The molecule has 0 amide bonds. The van der Waals surface area contributed by atoms with E-state index in [-0.39, 0.29) is 6.67 Å². The van der Waals surface area contributed by atoms with Gasteiger partial charge in [0, 0.05) is 12.5 Å². The maximum Gasteiger partial charge on any atom is 0.0935 e. The summed E-state index contributed by atoms with van der Waals surface area (Å²) in [7, 11) is 0. The van der Waals surface area contributed by atoms with E-state index in [0.717, 1.165) is 19.5 Å². The van der Waals surface area contributed by atoms with Gasteiger partial charge in [-0.1, -0.05) is 0 Å². The average Bonchev–Trinajstić information content (AvgIpc) is 2.14. The first-order valence-electron chi connectivity index (χ1n) is 2.70. The molecule has 1 rings (SSSR count). The van der Waals surface area contributed by atoms with Crippen LogP contribution in [0.1, 0.15) is 6.42 Å². The molecule has 7 heavy (non-hydrogen) atoms. The Morgan fingerprint density at radius 3 is 2.86 bits per heavy atom. The van der Waals surface area contributed by atoms with Crippen molar-refractivity contribution in [1.82, 2.24) is 5.32 Å². The maximum absolute atomic E-state index is 11.7. The number of halogens is 1. The van der Waals surface area contributed by atoms with E-state index in [9.17, 15) is 4.39 Å². The highest BCUT2D eigenvalue weighted by Gasteiger charge is 2.12. The zero-order chi connectivity index (χ0) is 5.11. The van der Waals surface area contributed by atoms with E-state index in [1.807, 2.05) is 0 Å². The standard InChI is InChI=1S/C5H10FN/c6-3-5-1-2-7-4-5/h5,7H,1-4H2/t5-/m1/s1.